The van der Waals surface area contributed by atoms with Gasteiger partial charge in [-0.1, -0.05) is 103 Å². The summed E-state index contributed by atoms with van der Waals surface area (Å²) in [6, 6.07) is 49.6. The summed E-state index contributed by atoms with van der Waals surface area (Å²) in [7, 11) is 0. The molecule has 0 bridgehead atoms. The Kier molecular flexibility index (Phi) is 6.80. The molecule has 6 nitrogen and oxygen atoms in total. The first-order valence-electron chi connectivity index (χ1n) is 15.1. The van der Waals surface area contributed by atoms with E-state index in [0.717, 1.165) is 44.2 Å². The molecule has 0 saturated carbocycles. The van der Waals surface area contributed by atoms with Gasteiger partial charge in [-0.3, -0.25) is 0 Å². The molecule has 0 aliphatic rings. The second kappa shape index (κ2) is 11.6. The molecule has 0 saturated heterocycles. The van der Waals surface area contributed by atoms with Gasteiger partial charge in [0.1, 0.15) is 11.2 Å². The van der Waals surface area contributed by atoms with Gasteiger partial charge >= 0.3 is 0 Å². The van der Waals surface area contributed by atoms with Gasteiger partial charge in [-0.2, -0.15) is 10.5 Å². The molecule has 6 heteroatoms. The SMILES string of the molecule is N#Cc1cc(C#N)cc(-c2ccc3c(oc4ccccc43)c2-c2nc(-c3ccccc3)nc(-c3cccc(-c4ccccc4)c3)n2)c1. The van der Waals surface area contributed by atoms with E-state index >= 15 is 0 Å². The summed E-state index contributed by atoms with van der Waals surface area (Å²) in [5.74, 6) is 1.44. The Morgan fingerprint density at radius 2 is 1.04 bits per heavy atom. The van der Waals surface area contributed by atoms with Crippen molar-refractivity contribution >= 4 is 21.9 Å². The highest BCUT2D eigenvalue weighted by Gasteiger charge is 2.22. The van der Waals surface area contributed by atoms with Crippen molar-refractivity contribution < 1.29 is 4.42 Å². The van der Waals surface area contributed by atoms with Gasteiger partial charge in [0.25, 0.3) is 0 Å². The van der Waals surface area contributed by atoms with Gasteiger partial charge in [-0.25, -0.2) is 15.0 Å². The molecule has 0 radical (unpaired) electrons. The first kappa shape index (κ1) is 27.6. The molecular weight excluding hydrogens is 578 g/mol. The van der Waals surface area contributed by atoms with Crippen molar-refractivity contribution in [3.05, 3.63) is 151 Å². The van der Waals surface area contributed by atoms with E-state index in [1.807, 2.05) is 97.1 Å². The van der Waals surface area contributed by atoms with Crippen LogP contribution in [0.4, 0.5) is 0 Å². The number of nitrogens with zero attached hydrogens (tertiary/aromatic N) is 5. The molecule has 218 valence electrons. The van der Waals surface area contributed by atoms with Crippen LogP contribution in [0.25, 0.3) is 78.4 Å². The maximum Gasteiger partial charge on any atom is 0.168 e. The topological polar surface area (TPSA) is 99.4 Å². The van der Waals surface area contributed by atoms with Gasteiger partial charge < -0.3 is 4.42 Å². The predicted molar refractivity (Wildman–Crippen MR) is 184 cm³/mol. The Balaban J connectivity index is 1.44. The van der Waals surface area contributed by atoms with Crippen LogP contribution in [-0.2, 0) is 0 Å². The lowest BCUT2D eigenvalue weighted by Gasteiger charge is -2.13. The van der Waals surface area contributed by atoms with Crippen molar-refractivity contribution in [3.63, 3.8) is 0 Å². The summed E-state index contributed by atoms with van der Waals surface area (Å²) in [4.78, 5) is 15.1. The molecule has 0 amide bonds. The standard InChI is InChI=1S/C41H23N5O/c42-24-26-20-27(25-43)22-32(21-26)33-18-19-35-34-16-7-8-17-36(34)47-38(35)37(33)41-45-39(29-12-5-2-6-13-29)44-40(46-41)31-15-9-14-30(23-31)28-10-3-1-4-11-28/h1-23H. The van der Waals surface area contributed by atoms with E-state index < -0.39 is 0 Å². The van der Waals surface area contributed by atoms with E-state index in [9.17, 15) is 10.5 Å². The van der Waals surface area contributed by atoms with Gasteiger partial charge in [0, 0.05) is 21.9 Å². The third-order valence-electron chi connectivity index (χ3n) is 8.17. The van der Waals surface area contributed by atoms with Gasteiger partial charge in [0.15, 0.2) is 17.5 Å². The average Bonchev–Trinajstić information content (AvgIpc) is 3.53. The van der Waals surface area contributed by atoms with Crippen molar-refractivity contribution in [2.45, 2.75) is 0 Å². The number of hydrogen-bond donors (Lipinski definition) is 0. The molecular formula is C41H23N5O. The molecule has 2 aromatic heterocycles. The summed E-state index contributed by atoms with van der Waals surface area (Å²) in [6.45, 7) is 0. The first-order chi connectivity index (χ1) is 23.2. The van der Waals surface area contributed by atoms with Crippen LogP contribution >= 0.6 is 0 Å². The zero-order chi connectivity index (χ0) is 31.7. The zero-order valence-corrected chi connectivity index (χ0v) is 24.9. The number of rotatable bonds is 5. The third kappa shape index (κ3) is 5.07. The largest absolute Gasteiger partial charge is 0.455 e. The first-order valence-corrected chi connectivity index (χ1v) is 15.1. The smallest absolute Gasteiger partial charge is 0.168 e. The molecule has 0 spiro atoms. The molecule has 47 heavy (non-hydrogen) atoms. The Morgan fingerprint density at radius 3 is 1.77 bits per heavy atom. The summed E-state index contributed by atoms with van der Waals surface area (Å²) >= 11 is 0. The molecule has 8 aromatic rings. The Labute approximate surface area is 270 Å². The third-order valence-corrected chi connectivity index (χ3v) is 8.17. The van der Waals surface area contributed by atoms with Crippen LogP contribution in [0, 0.1) is 22.7 Å². The molecule has 0 aliphatic heterocycles. The monoisotopic (exact) mass is 601 g/mol. The van der Waals surface area contributed by atoms with Crippen molar-refractivity contribution in [2.24, 2.45) is 0 Å². The molecule has 8 rings (SSSR count). The lowest BCUT2D eigenvalue weighted by atomic mass is 9.94. The minimum Gasteiger partial charge on any atom is -0.455 e. The lowest BCUT2D eigenvalue weighted by Crippen LogP contribution is -2.01. The van der Waals surface area contributed by atoms with Crippen LogP contribution < -0.4 is 0 Å². The minimum absolute atomic E-state index is 0.383. The fourth-order valence-corrected chi connectivity index (χ4v) is 5.97. The highest BCUT2D eigenvalue weighted by molar-refractivity contribution is 6.12. The number of fused-ring (bicyclic) bond motifs is 3. The van der Waals surface area contributed by atoms with Crippen LogP contribution in [0.3, 0.4) is 0 Å². The van der Waals surface area contributed by atoms with Crippen molar-refractivity contribution in [2.75, 3.05) is 0 Å². The predicted octanol–water partition coefficient (Wildman–Crippen LogP) is 9.85. The summed E-state index contributed by atoms with van der Waals surface area (Å²) < 4.78 is 6.55. The molecule has 0 N–H and O–H groups in total. The van der Waals surface area contributed by atoms with Crippen molar-refractivity contribution in [1.29, 1.82) is 10.5 Å². The van der Waals surface area contributed by atoms with E-state index in [1.165, 1.54) is 0 Å². The van der Waals surface area contributed by atoms with E-state index in [4.69, 9.17) is 19.4 Å². The maximum atomic E-state index is 9.80. The van der Waals surface area contributed by atoms with Crippen molar-refractivity contribution in [1.82, 2.24) is 15.0 Å². The van der Waals surface area contributed by atoms with Gasteiger partial charge in [0.05, 0.1) is 28.8 Å². The van der Waals surface area contributed by atoms with Crippen LogP contribution in [0.15, 0.2) is 144 Å². The van der Waals surface area contributed by atoms with Crippen LogP contribution in [0.5, 0.6) is 0 Å². The molecule has 0 atom stereocenters. The fourth-order valence-electron chi connectivity index (χ4n) is 5.97. The molecule has 0 unspecified atom stereocenters. The lowest BCUT2D eigenvalue weighted by molar-refractivity contribution is 0.669. The van der Waals surface area contributed by atoms with Crippen LogP contribution in [-0.4, -0.2) is 15.0 Å². The van der Waals surface area contributed by atoms with Gasteiger partial charge in [-0.05, 0) is 58.7 Å². The van der Waals surface area contributed by atoms with E-state index in [0.29, 0.717) is 45.3 Å². The molecule has 0 aliphatic carbocycles. The highest BCUT2D eigenvalue weighted by Crippen LogP contribution is 2.42. The molecule has 2 heterocycles. The van der Waals surface area contributed by atoms with Crippen molar-refractivity contribution in [3.8, 4) is 68.6 Å². The Hall–Kier alpha value is -6.89. The van der Waals surface area contributed by atoms with E-state index in [-0.39, 0.29) is 0 Å². The average molecular weight is 602 g/mol. The number of benzene rings is 6. The number of furan rings is 1. The Bertz CT molecular complexity index is 2510. The maximum absolute atomic E-state index is 9.80. The van der Waals surface area contributed by atoms with Gasteiger partial charge in [-0.15, -0.1) is 0 Å². The number of aromatic nitrogens is 3. The minimum atomic E-state index is 0.383. The van der Waals surface area contributed by atoms with Crippen LogP contribution in [0.2, 0.25) is 0 Å². The molecule has 6 aromatic carbocycles. The highest BCUT2D eigenvalue weighted by atomic mass is 16.3. The normalized spacial score (nSPS) is 10.9. The summed E-state index contributed by atoms with van der Waals surface area (Å²) in [6.07, 6.45) is 0. The number of hydrogen-bond acceptors (Lipinski definition) is 6. The Morgan fingerprint density at radius 1 is 0.447 bits per heavy atom. The second-order valence-corrected chi connectivity index (χ2v) is 11.1. The number of nitriles is 2. The van der Waals surface area contributed by atoms with Gasteiger partial charge in [0.2, 0.25) is 0 Å². The van der Waals surface area contributed by atoms with E-state index in [1.54, 1.807) is 18.2 Å². The summed E-state index contributed by atoms with van der Waals surface area (Å²) in [5.41, 5.74) is 8.00. The quantitative estimate of drug-likeness (QED) is 0.195. The molecule has 0 fully saturated rings. The number of para-hydroxylation sites is 1. The van der Waals surface area contributed by atoms with E-state index in [2.05, 4.69) is 36.4 Å². The fraction of sp³-hybridized carbons (Fsp3) is 0. The summed E-state index contributed by atoms with van der Waals surface area (Å²) in [5, 5.41) is 21.5. The van der Waals surface area contributed by atoms with Crippen LogP contribution in [0.1, 0.15) is 11.1 Å². The zero-order valence-electron chi connectivity index (χ0n) is 24.9. The second-order valence-electron chi connectivity index (χ2n) is 11.1.